The average molecular weight is 241 g/mol. The van der Waals surface area contributed by atoms with Crippen LogP contribution in [0.1, 0.15) is 38.9 Å². The van der Waals surface area contributed by atoms with Gasteiger partial charge >= 0.3 is 0 Å². The highest BCUT2D eigenvalue weighted by Crippen LogP contribution is 2.43. The molecular weight excluding hydrogens is 224 g/mol. The van der Waals surface area contributed by atoms with E-state index in [0.717, 1.165) is 11.3 Å². The van der Waals surface area contributed by atoms with Crippen molar-refractivity contribution < 1.29 is 9.84 Å². The fraction of sp³-hybridized carbons (Fsp3) is 0.538. The van der Waals surface area contributed by atoms with Gasteiger partial charge in [0.1, 0.15) is 11.4 Å². The molecule has 0 aromatic heterocycles. The van der Waals surface area contributed by atoms with Gasteiger partial charge in [0.15, 0.2) is 0 Å². The Labute approximate surface area is 101 Å². The van der Waals surface area contributed by atoms with Gasteiger partial charge in [-0.25, -0.2) is 0 Å². The second-order valence-electron chi connectivity index (χ2n) is 4.97. The van der Waals surface area contributed by atoms with Gasteiger partial charge in [-0.3, -0.25) is 0 Å². The predicted molar refractivity (Wildman–Crippen MR) is 64.9 cm³/mol. The maximum absolute atomic E-state index is 10.1. The number of ether oxygens (including phenoxy) is 1. The number of aliphatic hydroxyl groups excluding tert-OH is 1. The second-order valence-corrected chi connectivity index (χ2v) is 5.41. The van der Waals surface area contributed by atoms with Gasteiger partial charge < -0.3 is 9.84 Å². The normalized spacial score (nSPS) is 28.8. The lowest BCUT2D eigenvalue weighted by Gasteiger charge is -2.41. The summed E-state index contributed by atoms with van der Waals surface area (Å²) in [6.07, 6.45) is 0.118. The van der Waals surface area contributed by atoms with Gasteiger partial charge in [-0.15, -0.1) is 0 Å². The Kier molecular flexibility index (Phi) is 2.89. The first-order chi connectivity index (χ1) is 7.42. The largest absolute Gasteiger partial charge is 0.487 e. The smallest absolute Gasteiger partial charge is 0.126 e. The summed E-state index contributed by atoms with van der Waals surface area (Å²) >= 11 is 5.91. The van der Waals surface area contributed by atoms with E-state index in [2.05, 4.69) is 13.8 Å². The monoisotopic (exact) mass is 240 g/mol. The maximum Gasteiger partial charge on any atom is 0.126 e. The zero-order valence-corrected chi connectivity index (χ0v) is 10.6. The van der Waals surface area contributed by atoms with Crippen molar-refractivity contribution in [2.24, 2.45) is 5.92 Å². The Morgan fingerprint density at radius 3 is 2.81 bits per heavy atom. The topological polar surface area (TPSA) is 29.5 Å². The van der Waals surface area contributed by atoms with Crippen LogP contribution in [0.15, 0.2) is 18.2 Å². The van der Waals surface area contributed by atoms with E-state index in [0.29, 0.717) is 17.4 Å². The summed E-state index contributed by atoms with van der Waals surface area (Å²) in [5.74, 6) is 1.10. The molecule has 0 fully saturated rings. The minimum Gasteiger partial charge on any atom is -0.487 e. The van der Waals surface area contributed by atoms with Crippen molar-refractivity contribution in [1.29, 1.82) is 0 Å². The third-order valence-corrected chi connectivity index (χ3v) is 3.73. The Morgan fingerprint density at radius 1 is 1.50 bits per heavy atom. The molecule has 0 radical (unpaired) electrons. The summed E-state index contributed by atoms with van der Waals surface area (Å²) in [6.45, 7) is 6.25. The molecule has 1 aliphatic heterocycles. The van der Waals surface area contributed by atoms with E-state index >= 15 is 0 Å². The van der Waals surface area contributed by atoms with E-state index in [-0.39, 0.29) is 5.60 Å². The van der Waals surface area contributed by atoms with Crippen molar-refractivity contribution in [3.8, 4) is 5.75 Å². The summed E-state index contributed by atoms with van der Waals surface area (Å²) in [5, 5.41) is 10.8. The van der Waals surface area contributed by atoms with Crippen LogP contribution in [0.4, 0.5) is 0 Å². The van der Waals surface area contributed by atoms with Crippen LogP contribution in [-0.2, 0) is 0 Å². The Bertz CT molecular complexity index is 403. The SMILES string of the molecule is CC(C)C1(C)C[C@H](O)c2cc(Cl)ccc2O1. The molecule has 2 atom stereocenters. The number of hydrogen-bond acceptors (Lipinski definition) is 2. The van der Waals surface area contributed by atoms with E-state index < -0.39 is 6.10 Å². The van der Waals surface area contributed by atoms with Gasteiger partial charge in [-0.05, 0) is 31.0 Å². The minimum atomic E-state index is -0.491. The van der Waals surface area contributed by atoms with Crippen molar-refractivity contribution in [2.75, 3.05) is 0 Å². The number of rotatable bonds is 1. The first kappa shape index (κ1) is 11.7. The molecule has 0 saturated carbocycles. The molecule has 1 unspecified atom stereocenters. The molecular formula is C13H17ClO2. The van der Waals surface area contributed by atoms with Crippen LogP contribution in [0.5, 0.6) is 5.75 Å². The lowest BCUT2D eigenvalue weighted by Crippen LogP contribution is -2.42. The molecule has 0 spiro atoms. The fourth-order valence-corrected chi connectivity index (χ4v) is 2.19. The number of hydrogen-bond donors (Lipinski definition) is 1. The highest BCUT2D eigenvalue weighted by molar-refractivity contribution is 6.30. The summed E-state index contributed by atoms with van der Waals surface area (Å²) in [7, 11) is 0. The van der Waals surface area contributed by atoms with Crippen molar-refractivity contribution in [2.45, 2.75) is 38.9 Å². The van der Waals surface area contributed by atoms with Gasteiger partial charge in [0.05, 0.1) is 6.10 Å². The zero-order chi connectivity index (χ0) is 11.9. The van der Waals surface area contributed by atoms with Gasteiger partial charge in [0, 0.05) is 17.0 Å². The number of benzene rings is 1. The van der Waals surface area contributed by atoms with Crippen LogP contribution in [0.3, 0.4) is 0 Å². The van der Waals surface area contributed by atoms with E-state index in [9.17, 15) is 5.11 Å². The molecule has 2 rings (SSSR count). The molecule has 3 heteroatoms. The lowest BCUT2D eigenvalue weighted by molar-refractivity contribution is -0.0321. The lowest BCUT2D eigenvalue weighted by atomic mass is 9.82. The highest BCUT2D eigenvalue weighted by Gasteiger charge is 2.39. The second kappa shape index (κ2) is 3.94. The van der Waals surface area contributed by atoms with Gasteiger partial charge in [0.25, 0.3) is 0 Å². The number of fused-ring (bicyclic) bond motifs is 1. The van der Waals surface area contributed by atoms with Gasteiger partial charge in [-0.1, -0.05) is 25.4 Å². The maximum atomic E-state index is 10.1. The molecule has 16 heavy (non-hydrogen) atoms. The molecule has 2 nitrogen and oxygen atoms in total. The first-order valence-corrected chi connectivity index (χ1v) is 5.97. The van der Waals surface area contributed by atoms with Crippen LogP contribution >= 0.6 is 11.6 Å². The Balaban J connectivity index is 2.40. The summed E-state index contributed by atoms with van der Waals surface area (Å²) in [4.78, 5) is 0. The Morgan fingerprint density at radius 2 is 2.19 bits per heavy atom. The molecule has 1 aromatic rings. The van der Waals surface area contributed by atoms with E-state index in [1.807, 2.05) is 13.0 Å². The molecule has 88 valence electrons. The summed E-state index contributed by atoms with van der Waals surface area (Å²) in [5.41, 5.74) is 0.492. The summed E-state index contributed by atoms with van der Waals surface area (Å²) in [6, 6.07) is 5.40. The van der Waals surface area contributed by atoms with Crippen molar-refractivity contribution in [3.05, 3.63) is 28.8 Å². The van der Waals surface area contributed by atoms with Crippen LogP contribution in [-0.4, -0.2) is 10.7 Å². The quantitative estimate of drug-likeness (QED) is 0.813. The summed E-state index contributed by atoms with van der Waals surface area (Å²) < 4.78 is 5.99. The predicted octanol–water partition coefficient (Wildman–Crippen LogP) is 3.57. The van der Waals surface area contributed by atoms with Crippen LogP contribution < -0.4 is 4.74 Å². The molecule has 0 saturated heterocycles. The average Bonchev–Trinajstić information content (AvgIpc) is 2.19. The molecule has 0 aliphatic carbocycles. The van der Waals surface area contributed by atoms with E-state index in [1.54, 1.807) is 12.1 Å². The van der Waals surface area contributed by atoms with Crippen molar-refractivity contribution >= 4 is 11.6 Å². The standard InChI is InChI=1S/C13H17ClO2/c1-8(2)13(3)7-11(15)10-6-9(14)4-5-12(10)16-13/h4-6,8,11,15H,7H2,1-3H3/t11-,13?/m0/s1. The molecule has 1 aromatic carbocycles. The third kappa shape index (κ3) is 1.92. The minimum absolute atomic E-state index is 0.305. The molecule has 1 aliphatic rings. The molecule has 1 N–H and O–H groups in total. The fourth-order valence-electron chi connectivity index (χ4n) is 2.01. The number of halogens is 1. The molecule has 0 bridgehead atoms. The van der Waals surface area contributed by atoms with Gasteiger partial charge in [0.2, 0.25) is 0 Å². The highest BCUT2D eigenvalue weighted by atomic mass is 35.5. The van der Waals surface area contributed by atoms with Crippen molar-refractivity contribution in [3.63, 3.8) is 0 Å². The van der Waals surface area contributed by atoms with E-state index in [1.165, 1.54) is 0 Å². The molecule has 1 heterocycles. The van der Waals surface area contributed by atoms with Gasteiger partial charge in [-0.2, -0.15) is 0 Å². The zero-order valence-electron chi connectivity index (χ0n) is 9.83. The van der Waals surface area contributed by atoms with Crippen LogP contribution in [0.2, 0.25) is 5.02 Å². The van der Waals surface area contributed by atoms with Crippen LogP contribution in [0, 0.1) is 5.92 Å². The first-order valence-electron chi connectivity index (χ1n) is 5.59. The van der Waals surface area contributed by atoms with Crippen molar-refractivity contribution in [1.82, 2.24) is 0 Å². The molecule has 0 amide bonds. The van der Waals surface area contributed by atoms with Crippen LogP contribution in [0.25, 0.3) is 0 Å². The Hall–Kier alpha value is -0.730. The third-order valence-electron chi connectivity index (χ3n) is 3.49. The van der Waals surface area contributed by atoms with E-state index in [4.69, 9.17) is 16.3 Å². The number of aliphatic hydroxyl groups is 1.